The van der Waals surface area contributed by atoms with Gasteiger partial charge < -0.3 is 10.6 Å². The van der Waals surface area contributed by atoms with Gasteiger partial charge >= 0.3 is 0 Å². The number of carbonyl (C=O) groups excluding carboxylic acids is 1. The SMILES string of the molecule is CC(C)N(Cc1ccc(C(=O)N2CCN(S(=O)(=O)c3ccc4cc(N)ccc4c3)CC2)cc1)C(C)C. The molecular formula is C28H36N4O3S. The van der Waals surface area contributed by atoms with E-state index >= 15 is 0 Å². The Bertz CT molecular complexity index is 1320. The molecule has 2 N–H and O–H groups in total. The first-order valence-corrected chi connectivity index (χ1v) is 13.9. The molecule has 4 rings (SSSR count). The molecule has 0 atom stereocenters. The van der Waals surface area contributed by atoms with Gasteiger partial charge in [-0.2, -0.15) is 4.31 Å². The maximum absolute atomic E-state index is 13.3. The van der Waals surface area contributed by atoms with Crippen molar-refractivity contribution >= 4 is 32.4 Å². The van der Waals surface area contributed by atoms with Crippen molar-refractivity contribution < 1.29 is 13.2 Å². The topological polar surface area (TPSA) is 87.0 Å². The van der Waals surface area contributed by atoms with E-state index in [1.165, 1.54) is 9.87 Å². The molecule has 0 spiro atoms. The lowest BCUT2D eigenvalue weighted by molar-refractivity contribution is 0.0698. The van der Waals surface area contributed by atoms with Crippen LogP contribution in [0.3, 0.4) is 0 Å². The number of nitrogens with two attached hydrogens (primary N) is 1. The Hall–Kier alpha value is -2.94. The predicted molar refractivity (Wildman–Crippen MR) is 145 cm³/mol. The fourth-order valence-corrected chi connectivity index (χ4v) is 6.25. The molecule has 0 aliphatic carbocycles. The van der Waals surface area contributed by atoms with Crippen LogP contribution in [-0.2, 0) is 16.6 Å². The molecular weight excluding hydrogens is 472 g/mol. The second-order valence-corrected chi connectivity index (χ2v) is 12.0. The van der Waals surface area contributed by atoms with E-state index in [1.54, 1.807) is 29.2 Å². The third-order valence-corrected chi connectivity index (χ3v) is 8.79. The van der Waals surface area contributed by atoms with Crippen LogP contribution >= 0.6 is 0 Å². The molecule has 1 amide bonds. The molecule has 3 aromatic rings. The Morgan fingerprint density at radius 3 is 2.06 bits per heavy atom. The smallest absolute Gasteiger partial charge is 0.253 e. The minimum Gasteiger partial charge on any atom is -0.399 e. The van der Waals surface area contributed by atoms with Gasteiger partial charge in [-0.1, -0.05) is 24.3 Å². The number of piperazine rings is 1. The predicted octanol–water partition coefficient (Wildman–Crippen LogP) is 4.19. The molecule has 0 aromatic heterocycles. The van der Waals surface area contributed by atoms with Crippen molar-refractivity contribution in [2.45, 2.75) is 51.2 Å². The Labute approximate surface area is 214 Å². The Balaban J connectivity index is 1.39. The first-order chi connectivity index (χ1) is 17.1. The number of benzene rings is 3. The zero-order chi connectivity index (χ0) is 26.0. The maximum Gasteiger partial charge on any atom is 0.253 e. The van der Waals surface area contributed by atoms with Gasteiger partial charge in [-0.05, 0) is 80.4 Å². The number of carbonyl (C=O) groups is 1. The van der Waals surface area contributed by atoms with Gasteiger partial charge in [0, 0.05) is 56.1 Å². The highest BCUT2D eigenvalue weighted by molar-refractivity contribution is 7.89. The average Bonchev–Trinajstić information content (AvgIpc) is 2.86. The number of nitrogens with zero attached hydrogens (tertiary/aromatic N) is 3. The van der Waals surface area contributed by atoms with Crippen LogP contribution < -0.4 is 5.73 Å². The van der Waals surface area contributed by atoms with Crippen LogP contribution in [0, 0.1) is 0 Å². The van der Waals surface area contributed by atoms with Crippen LogP contribution in [0.1, 0.15) is 43.6 Å². The molecule has 1 saturated heterocycles. The highest BCUT2D eigenvalue weighted by Gasteiger charge is 2.30. The molecule has 1 heterocycles. The molecule has 1 aliphatic rings. The number of rotatable bonds is 7. The molecule has 3 aromatic carbocycles. The van der Waals surface area contributed by atoms with Gasteiger partial charge in [0.2, 0.25) is 10.0 Å². The van der Waals surface area contributed by atoms with Gasteiger partial charge in [0.15, 0.2) is 0 Å². The normalized spacial score (nSPS) is 15.4. The first-order valence-electron chi connectivity index (χ1n) is 12.5. The van der Waals surface area contributed by atoms with Gasteiger partial charge in [-0.15, -0.1) is 0 Å². The van der Waals surface area contributed by atoms with Crippen molar-refractivity contribution in [3.8, 4) is 0 Å². The lowest BCUT2D eigenvalue weighted by Gasteiger charge is -2.34. The monoisotopic (exact) mass is 508 g/mol. The highest BCUT2D eigenvalue weighted by Crippen LogP contribution is 2.25. The van der Waals surface area contributed by atoms with Crippen LogP contribution in [0.2, 0.25) is 0 Å². The fraction of sp³-hybridized carbons (Fsp3) is 0.393. The summed E-state index contributed by atoms with van der Waals surface area (Å²) < 4.78 is 28.0. The molecule has 1 aliphatic heterocycles. The quantitative estimate of drug-likeness (QED) is 0.484. The number of amides is 1. The fourth-order valence-electron chi connectivity index (χ4n) is 4.79. The standard InChI is InChI=1S/C28H36N4O3S/c1-20(2)32(21(3)4)19-22-5-7-23(8-6-22)28(33)30-13-15-31(16-14-30)36(34,35)27-12-10-24-17-26(29)11-9-25(24)18-27/h5-12,17-18,20-21H,13-16,19,29H2,1-4H3. The summed E-state index contributed by atoms with van der Waals surface area (Å²) in [7, 11) is -3.65. The second-order valence-electron chi connectivity index (χ2n) is 10.0. The van der Waals surface area contributed by atoms with Crippen molar-refractivity contribution in [3.63, 3.8) is 0 Å². The van der Waals surface area contributed by atoms with Gasteiger partial charge in [-0.3, -0.25) is 9.69 Å². The summed E-state index contributed by atoms with van der Waals surface area (Å²) in [5.41, 5.74) is 8.27. The number of hydrogen-bond donors (Lipinski definition) is 1. The average molecular weight is 509 g/mol. The highest BCUT2D eigenvalue weighted by atomic mass is 32.2. The summed E-state index contributed by atoms with van der Waals surface area (Å²) in [6, 6.07) is 19.2. The van der Waals surface area contributed by atoms with E-state index in [4.69, 9.17) is 5.73 Å². The molecule has 0 bridgehead atoms. The number of anilines is 1. The van der Waals surface area contributed by atoms with E-state index in [9.17, 15) is 13.2 Å². The van der Waals surface area contributed by atoms with Gasteiger partial charge in [-0.25, -0.2) is 8.42 Å². The second kappa shape index (κ2) is 10.6. The summed E-state index contributed by atoms with van der Waals surface area (Å²) in [5.74, 6) is -0.0635. The first kappa shape index (κ1) is 26.1. The minimum absolute atomic E-state index is 0.0635. The summed E-state index contributed by atoms with van der Waals surface area (Å²) in [4.78, 5) is 17.5. The summed E-state index contributed by atoms with van der Waals surface area (Å²) in [6.07, 6.45) is 0. The molecule has 192 valence electrons. The van der Waals surface area contributed by atoms with Crippen molar-refractivity contribution in [1.29, 1.82) is 0 Å². The Kier molecular flexibility index (Phi) is 7.68. The van der Waals surface area contributed by atoms with Gasteiger partial charge in [0.1, 0.15) is 0 Å². The molecule has 8 heteroatoms. The van der Waals surface area contributed by atoms with E-state index in [1.807, 2.05) is 36.4 Å². The summed E-state index contributed by atoms with van der Waals surface area (Å²) in [6.45, 7) is 10.8. The van der Waals surface area contributed by atoms with Crippen LogP contribution in [0.4, 0.5) is 5.69 Å². The molecule has 7 nitrogen and oxygen atoms in total. The third kappa shape index (κ3) is 5.56. The van der Waals surface area contributed by atoms with Crippen molar-refractivity contribution in [1.82, 2.24) is 14.1 Å². The van der Waals surface area contributed by atoms with Crippen LogP contribution in [0.15, 0.2) is 65.6 Å². The number of fused-ring (bicyclic) bond motifs is 1. The largest absolute Gasteiger partial charge is 0.399 e. The molecule has 0 radical (unpaired) electrons. The number of nitrogen functional groups attached to an aromatic ring is 1. The zero-order valence-corrected chi connectivity index (χ0v) is 22.3. The zero-order valence-electron chi connectivity index (χ0n) is 21.5. The van der Waals surface area contributed by atoms with Gasteiger partial charge in [0.25, 0.3) is 5.91 Å². The van der Waals surface area contributed by atoms with E-state index in [0.717, 1.165) is 17.3 Å². The van der Waals surface area contributed by atoms with Crippen molar-refractivity contribution in [3.05, 3.63) is 71.8 Å². The molecule has 36 heavy (non-hydrogen) atoms. The van der Waals surface area contributed by atoms with E-state index in [-0.39, 0.29) is 23.9 Å². The summed E-state index contributed by atoms with van der Waals surface area (Å²) in [5, 5.41) is 1.73. The number of hydrogen-bond acceptors (Lipinski definition) is 5. The Morgan fingerprint density at radius 2 is 1.44 bits per heavy atom. The molecule has 0 unspecified atom stereocenters. The van der Waals surface area contributed by atoms with Crippen LogP contribution in [-0.4, -0.2) is 66.7 Å². The van der Waals surface area contributed by atoms with Crippen LogP contribution in [0.25, 0.3) is 10.8 Å². The van der Waals surface area contributed by atoms with E-state index in [0.29, 0.717) is 36.4 Å². The molecule has 1 fully saturated rings. The van der Waals surface area contributed by atoms with E-state index < -0.39 is 10.0 Å². The maximum atomic E-state index is 13.3. The van der Waals surface area contributed by atoms with Crippen LogP contribution in [0.5, 0.6) is 0 Å². The number of sulfonamides is 1. The summed E-state index contributed by atoms with van der Waals surface area (Å²) >= 11 is 0. The van der Waals surface area contributed by atoms with Crippen molar-refractivity contribution in [2.24, 2.45) is 0 Å². The third-order valence-electron chi connectivity index (χ3n) is 6.89. The van der Waals surface area contributed by atoms with Gasteiger partial charge in [0.05, 0.1) is 4.90 Å². The van der Waals surface area contributed by atoms with E-state index in [2.05, 4.69) is 32.6 Å². The lowest BCUT2D eigenvalue weighted by Crippen LogP contribution is -2.50. The molecule has 0 saturated carbocycles. The Morgan fingerprint density at radius 1 is 0.861 bits per heavy atom. The lowest BCUT2D eigenvalue weighted by atomic mass is 10.1. The van der Waals surface area contributed by atoms with Crippen molar-refractivity contribution in [2.75, 3.05) is 31.9 Å². The minimum atomic E-state index is -3.65.